The highest BCUT2D eigenvalue weighted by molar-refractivity contribution is 5.49. The van der Waals surface area contributed by atoms with E-state index in [4.69, 9.17) is 9.47 Å². The Bertz CT molecular complexity index is 1090. The van der Waals surface area contributed by atoms with E-state index < -0.39 is 17.6 Å². The van der Waals surface area contributed by atoms with Crippen LogP contribution in [0, 0.1) is 6.92 Å². The minimum Gasteiger partial charge on any atom is -0.497 e. The third-order valence-electron chi connectivity index (χ3n) is 5.48. The zero-order valence-electron chi connectivity index (χ0n) is 17.3. The predicted molar refractivity (Wildman–Crippen MR) is 105 cm³/mol. The highest BCUT2D eigenvalue weighted by atomic mass is 19.4. The molecule has 3 heterocycles. The summed E-state index contributed by atoms with van der Waals surface area (Å²) in [6, 6.07) is 6.92. The van der Waals surface area contributed by atoms with Crippen LogP contribution in [0.5, 0.6) is 11.5 Å². The molecule has 1 fully saturated rings. The summed E-state index contributed by atoms with van der Waals surface area (Å²) < 4.78 is 50.9. The molecule has 0 radical (unpaired) electrons. The van der Waals surface area contributed by atoms with Crippen LogP contribution in [-0.2, 0) is 11.8 Å². The van der Waals surface area contributed by atoms with Crippen LogP contribution < -0.4 is 14.4 Å². The van der Waals surface area contributed by atoms with Gasteiger partial charge in [-0.25, -0.2) is 4.98 Å². The van der Waals surface area contributed by atoms with Gasteiger partial charge in [-0.15, -0.1) is 5.10 Å². The van der Waals surface area contributed by atoms with Crippen molar-refractivity contribution in [1.29, 1.82) is 0 Å². The van der Waals surface area contributed by atoms with Gasteiger partial charge in [0.25, 0.3) is 11.6 Å². The lowest BCUT2D eigenvalue weighted by atomic mass is 9.84. The zero-order valence-corrected chi connectivity index (χ0v) is 17.3. The minimum absolute atomic E-state index is 0.110. The Morgan fingerprint density at radius 1 is 1.00 bits per heavy atom. The van der Waals surface area contributed by atoms with E-state index in [1.807, 2.05) is 4.90 Å². The van der Waals surface area contributed by atoms with Crippen LogP contribution in [0.3, 0.4) is 0 Å². The van der Waals surface area contributed by atoms with Crippen LogP contribution in [0.1, 0.15) is 29.9 Å². The number of ether oxygens (including phenoxy) is 2. The number of fused-ring (bicyclic) bond motifs is 1. The van der Waals surface area contributed by atoms with E-state index in [9.17, 15) is 18.3 Å². The van der Waals surface area contributed by atoms with Crippen molar-refractivity contribution in [1.82, 2.24) is 19.6 Å². The minimum atomic E-state index is -4.66. The molecule has 31 heavy (non-hydrogen) atoms. The Morgan fingerprint density at radius 3 is 2.16 bits per heavy atom. The number of aryl methyl sites for hydroxylation is 1. The number of aliphatic hydroxyl groups is 1. The molecule has 3 aromatic rings. The Balaban J connectivity index is 1.63. The normalized spacial score (nSPS) is 16.5. The number of hydrogen-bond acceptors (Lipinski definition) is 7. The smallest absolute Gasteiger partial charge is 0.453 e. The molecule has 11 heteroatoms. The summed E-state index contributed by atoms with van der Waals surface area (Å²) in [6.07, 6.45) is -3.95. The summed E-state index contributed by atoms with van der Waals surface area (Å²) in [5, 5.41) is 14.9. The van der Waals surface area contributed by atoms with Gasteiger partial charge in [-0.3, -0.25) is 0 Å². The molecule has 4 rings (SSSR count). The number of methoxy groups -OCH3 is 2. The molecule has 166 valence electrons. The molecule has 1 aliphatic heterocycles. The average molecular weight is 437 g/mol. The molecule has 0 atom stereocenters. The second-order valence-corrected chi connectivity index (χ2v) is 7.52. The standard InChI is InChI=1S/C20H22F3N5O3/c1-12-8-16(28-18(24-12)25-17(26-28)20(21,22)23)27-6-4-19(29,5-7-27)13-9-14(30-2)11-15(10-13)31-3/h8-11,29H,4-7H2,1-3H3. The van der Waals surface area contributed by atoms with E-state index in [0.717, 1.165) is 4.52 Å². The van der Waals surface area contributed by atoms with Gasteiger partial charge in [0.15, 0.2) is 0 Å². The quantitative estimate of drug-likeness (QED) is 0.672. The fraction of sp³-hybridized carbons (Fsp3) is 0.450. The molecule has 1 aromatic carbocycles. The van der Waals surface area contributed by atoms with Crippen molar-refractivity contribution in [3.05, 3.63) is 41.3 Å². The zero-order chi connectivity index (χ0) is 22.4. The van der Waals surface area contributed by atoms with Crippen LogP contribution in [-0.4, -0.2) is 52.0 Å². The van der Waals surface area contributed by atoms with Gasteiger partial charge in [0, 0.05) is 30.9 Å². The first-order valence-electron chi connectivity index (χ1n) is 9.65. The molecular formula is C20H22F3N5O3. The van der Waals surface area contributed by atoms with Gasteiger partial charge in [0.05, 0.1) is 19.8 Å². The van der Waals surface area contributed by atoms with Gasteiger partial charge < -0.3 is 19.5 Å². The highest BCUT2D eigenvalue weighted by Crippen LogP contribution is 2.38. The number of benzene rings is 1. The first kappa shape index (κ1) is 21.2. The number of piperidine rings is 1. The Labute approximate surface area is 176 Å². The van der Waals surface area contributed by atoms with Crippen molar-refractivity contribution >= 4 is 11.6 Å². The van der Waals surface area contributed by atoms with E-state index in [1.165, 1.54) is 14.2 Å². The maximum Gasteiger partial charge on any atom is 0.453 e. The Morgan fingerprint density at radius 2 is 1.61 bits per heavy atom. The molecular weight excluding hydrogens is 415 g/mol. The second-order valence-electron chi connectivity index (χ2n) is 7.52. The SMILES string of the molecule is COc1cc(OC)cc(C2(O)CCN(c3cc(C)nc4nc(C(F)(F)F)nn34)CC2)c1. The third-order valence-corrected chi connectivity index (χ3v) is 5.48. The monoisotopic (exact) mass is 437 g/mol. The maximum absolute atomic E-state index is 13.1. The van der Waals surface area contributed by atoms with Crippen molar-refractivity contribution in [2.24, 2.45) is 0 Å². The molecule has 0 bridgehead atoms. The average Bonchev–Trinajstić information content (AvgIpc) is 3.18. The third kappa shape index (κ3) is 3.97. The fourth-order valence-corrected chi connectivity index (χ4v) is 3.78. The number of alkyl halides is 3. The molecule has 1 saturated heterocycles. The summed E-state index contributed by atoms with van der Waals surface area (Å²) in [4.78, 5) is 9.47. The lowest BCUT2D eigenvalue weighted by Crippen LogP contribution is -2.43. The summed E-state index contributed by atoms with van der Waals surface area (Å²) in [5.74, 6) is 0.248. The molecule has 0 spiro atoms. The van der Waals surface area contributed by atoms with Gasteiger partial charge in [-0.2, -0.15) is 22.7 Å². The highest BCUT2D eigenvalue weighted by Gasteiger charge is 2.38. The van der Waals surface area contributed by atoms with Gasteiger partial charge in [0.1, 0.15) is 17.3 Å². The summed E-state index contributed by atoms with van der Waals surface area (Å²) in [6.45, 7) is 2.49. The molecule has 2 aromatic heterocycles. The van der Waals surface area contributed by atoms with Crippen molar-refractivity contribution in [3.8, 4) is 11.5 Å². The van der Waals surface area contributed by atoms with Gasteiger partial charge in [-0.05, 0) is 37.5 Å². The van der Waals surface area contributed by atoms with Crippen molar-refractivity contribution in [2.75, 3.05) is 32.2 Å². The maximum atomic E-state index is 13.1. The first-order chi connectivity index (χ1) is 14.6. The Hall–Kier alpha value is -3.08. The van der Waals surface area contributed by atoms with Crippen molar-refractivity contribution in [2.45, 2.75) is 31.5 Å². The van der Waals surface area contributed by atoms with Crippen molar-refractivity contribution < 1.29 is 27.8 Å². The first-order valence-corrected chi connectivity index (χ1v) is 9.65. The molecule has 0 saturated carbocycles. The number of aromatic nitrogens is 4. The summed E-state index contributed by atoms with van der Waals surface area (Å²) in [5.41, 5.74) is 0.0699. The predicted octanol–water partition coefficient (Wildman–Crippen LogP) is 2.96. The largest absolute Gasteiger partial charge is 0.497 e. The van der Waals surface area contributed by atoms with Crippen LogP contribution >= 0.6 is 0 Å². The van der Waals surface area contributed by atoms with E-state index >= 15 is 0 Å². The lowest BCUT2D eigenvalue weighted by Gasteiger charge is -2.39. The van der Waals surface area contributed by atoms with Crippen LogP contribution in [0.25, 0.3) is 5.78 Å². The molecule has 0 unspecified atom stereocenters. The van der Waals surface area contributed by atoms with Gasteiger partial charge in [-0.1, -0.05) is 0 Å². The summed E-state index contributed by atoms with van der Waals surface area (Å²) in [7, 11) is 3.07. The fourth-order valence-electron chi connectivity index (χ4n) is 3.78. The van der Waals surface area contributed by atoms with Crippen LogP contribution in [0.4, 0.5) is 19.0 Å². The molecule has 1 N–H and O–H groups in total. The lowest BCUT2D eigenvalue weighted by molar-refractivity contribution is -0.144. The molecule has 0 amide bonds. The molecule has 8 nitrogen and oxygen atoms in total. The van der Waals surface area contributed by atoms with E-state index in [2.05, 4.69) is 15.1 Å². The van der Waals surface area contributed by atoms with Crippen molar-refractivity contribution in [3.63, 3.8) is 0 Å². The topological polar surface area (TPSA) is 85.0 Å². The van der Waals surface area contributed by atoms with E-state index in [1.54, 1.807) is 31.2 Å². The number of nitrogens with zero attached hydrogens (tertiary/aromatic N) is 5. The second kappa shape index (κ2) is 7.56. The van der Waals surface area contributed by atoms with E-state index in [-0.39, 0.29) is 5.78 Å². The molecule has 1 aliphatic rings. The van der Waals surface area contributed by atoms with Gasteiger partial charge >= 0.3 is 6.18 Å². The van der Waals surface area contributed by atoms with E-state index in [0.29, 0.717) is 54.5 Å². The van der Waals surface area contributed by atoms with Crippen LogP contribution in [0.15, 0.2) is 24.3 Å². The van der Waals surface area contributed by atoms with Gasteiger partial charge in [0.2, 0.25) is 0 Å². The number of anilines is 1. The number of rotatable bonds is 4. The molecule has 0 aliphatic carbocycles. The number of halogens is 3. The number of hydrogen-bond donors (Lipinski definition) is 1. The van der Waals surface area contributed by atoms with Crippen LogP contribution in [0.2, 0.25) is 0 Å². The Kier molecular flexibility index (Phi) is 5.16. The summed E-state index contributed by atoms with van der Waals surface area (Å²) >= 11 is 0.